The van der Waals surface area contributed by atoms with Gasteiger partial charge in [0.05, 0.1) is 7.11 Å². The maximum absolute atomic E-state index is 6.00. The first-order valence-electron chi connectivity index (χ1n) is 6.81. The van der Waals surface area contributed by atoms with Crippen molar-refractivity contribution in [2.75, 3.05) is 20.2 Å². The minimum atomic E-state index is 0.708. The summed E-state index contributed by atoms with van der Waals surface area (Å²) in [7, 11) is 1.69. The molecule has 0 fully saturated rings. The minimum Gasteiger partial charge on any atom is -0.496 e. The highest BCUT2D eigenvalue weighted by atomic mass is 35.5. The Balaban J connectivity index is 2.33. The van der Waals surface area contributed by atoms with Gasteiger partial charge in [0.2, 0.25) is 0 Å². The normalized spacial score (nSPS) is 11.4. The number of halogens is 1. The number of nitrogens with one attached hydrogen (secondary N) is 1. The van der Waals surface area contributed by atoms with Crippen LogP contribution in [0.1, 0.15) is 25.8 Å². The Morgan fingerprint density at radius 1 is 1.32 bits per heavy atom. The second-order valence-corrected chi connectivity index (χ2v) is 5.45. The summed E-state index contributed by atoms with van der Waals surface area (Å²) >= 11 is 6.00. The van der Waals surface area contributed by atoms with E-state index >= 15 is 0 Å². The number of benzene rings is 1. The fraction of sp³-hybridized carbons (Fsp3) is 0.500. The molecule has 1 aromatic carbocycles. The van der Waals surface area contributed by atoms with E-state index in [1.165, 1.54) is 0 Å². The van der Waals surface area contributed by atoms with Gasteiger partial charge in [-0.3, -0.25) is 0 Å². The topological polar surface area (TPSA) is 21.3 Å². The molecule has 106 valence electrons. The number of hydrogen-bond acceptors (Lipinski definition) is 2. The molecular formula is C16H24ClNO. The molecule has 0 aliphatic carbocycles. The third-order valence-corrected chi connectivity index (χ3v) is 3.02. The quantitative estimate of drug-likeness (QED) is 0.573. The Bertz CT molecular complexity index is 402. The molecule has 0 saturated heterocycles. The van der Waals surface area contributed by atoms with E-state index in [9.17, 15) is 0 Å². The van der Waals surface area contributed by atoms with E-state index in [-0.39, 0.29) is 0 Å². The van der Waals surface area contributed by atoms with Crippen molar-refractivity contribution in [1.29, 1.82) is 0 Å². The fourth-order valence-corrected chi connectivity index (χ4v) is 2.01. The summed E-state index contributed by atoms with van der Waals surface area (Å²) in [5, 5.41) is 4.17. The SMILES string of the molecule is COc1ccc(Cl)cc1CC=CCCNCC(C)C. The molecule has 1 aromatic rings. The molecule has 0 radical (unpaired) electrons. The molecule has 19 heavy (non-hydrogen) atoms. The highest BCUT2D eigenvalue weighted by molar-refractivity contribution is 6.30. The molecule has 0 amide bonds. The van der Waals surface area contributed by atoms with E-state index in [0.29, 0.717) is 5.92 Å². The highest BCUT2D eigenvalue weighted by Gasteiger charge is 2.01. The lowest BCUT2D eigenvalue weighted by Crippen LogP contribution is -2.20. The van der Waals surface area contributed by atoms with Crippen molar-refractivity contribution < 1.29 is 4.74 Å². The monoisotopic (exact) mass is 281 g/mol. The lowest BCUT2D eigenvalue weighted by Gasteiger charge is -2.07. The van der Waals surface area contributed by atoms with Crippen molar-refractivity contribution in [3.05, 3.63) is 40.9 Å². The van der Waals surface area contributed by atoms with Crippen LogP contribution in [-0.4, -0.2) is 20.2 Å². The van der Waals surface area contributed by atoms with Crippen molar-refractivity contribution in [2.45, 2.75) is 26.7 Å². The number of allylic oxidation sites excluding steroid dienone is 1. The van der Waals surface area contributed by atoms with Gasteiger partial charge in [-0.15, -0.1) is 0 Å². The van der Waals surface area contributed by atoms with Crippen LogP contribution in [0.25, 0.3) is 0 Å². The zero-order chi connectivity index (χ0) is 14.1. The molecular weight excluding hydrogens is 258 g/mol. The molecule has 0 saturated carbocycles. The van der Waals surface area contributed by atoms with Gasteiger partial charge >= 0.3 is 0 Å². The zero-order valence-corrected chi connectivity index (χ0v) is 12.8. The highest BCUT2D eigenvalue weighted by Crippen LogP contribution is 2.23. The van der Waals surface area contributed by atoms with Gasteiger partial charge < -0.3 is 10.1 Å². The molecule has 0 spiro atoms. The van der Waals surface area contributed by atoms with Crippen molar-refractivity contribution in [1.82, 2.24) is 5.32 Å². The second kappa shape index (κ2) is 9.00. The van der Waals surface area contributed by atoms with Crippen LogP contribution in [0, 0.1) is 5.92 Å². The summed E-state index contributed by atoms with van der Waals surface area (Å²) < 4.78 is 5.32. The standard InChI is InChI=1S/C16H24ClNO/c1-13(2)12-18-10-6-4-5-7-14-11-15(17)8-9-16(14)19-3/h4-5,8-9,11,13,18H,6-7,10,12H2,1-3H3. The predicted molar refractivity (Wildman–Crippen MR) is 83.2 cm³/mol. The largest absolute Gasteiger partial charge is 0.496 e. The van der Waals surface area contributed by atoms with Crippen molar-refractivity contribution in [2.24, 2.45) is 5.92 Å². The summed E-state index contributed by atoms with van der Waals surface area (Å²) in [6.07, 6.45) is 6.28. The van der Waals surface area contributed by atoms with Gasteiger partial charge in [-0.1, -0.05) is 37.6 Å². The molecule has 0 heterocycles. The maximum Gasteiger partial charge on any atom is 0.122 e. The molecule has 0 unspecified atom stereocenters. The van der Waals surface area contributed by atoms with Crippen LogP contribution in [-0.2, 0) is 6.42 Å². The Kier molecular flexibility index (Phi) is 7.61. The first-order chi connectivity index (χ1) is 9.13. The second-order valence-electron chi connectivity index (χ2n) is 5.02. The van der Waals surface area contributed by atoms with Gasteiger partial charge in [0.1, 0.15) is 5.75 Å². The Labute approximate surface area is 121 Å². The van der Waals surface area contributed by atoms with Gasteiger partial charge in [0.15, 0.2) is 0 Å². The van der Waals surface area contributed by atoms with Gasteiger partial charge in [-0.25, -0.2) is 0 Å². The van der Waals surface area contributed by atoms with E-state index in [1.807, 2.05) is 18.2 Å². The number of ether oxygens (including phenoxy) is 1. The van der Waals surface area contributed by atoms with Crippen molar-refractivity contribution in [3.8, 4) is 5.75 Å². The Morgan fingerprint density at radius 2 is 2.11 bits per heavy atom. The summed E-state index contributed by atoms with van der Waals surface area (Å²) in [4.78, 5) is 0. The molecule has 0 bridgehead atoms. The lowest BCUT2D eigenvalue weighted by atomic mass is 10.1. The Morgan fingerprint density at radius 3 is 2.79 bits per heavy atom. The van der Waals surface area contributed by atoms with E-state index in [0.717, 1.165) is 42.3 Å². The first-order valence-corrected chi connectivity index (χ1v) is 7.19. The van der Waals surface area contributed by atoms with Crippen LogP contribution in [0.2, 0.25) is 5.02 Å². The van der Waals surface area contributed by atoms with Crippen LogP contribution in [0.5, 0.6) is 5.75 Å². The zero-order valence-electron chi connectivity index (χ0n) is 12.1. The third kappa shape index (κ3) is 6.65. The first kappa shape index (κ1) is 16.1. The van der Waals surface area contributed by atoms with E-state index in [2.05, 4.69) is 31.3 Å². The van der Waals surface area contributed by atoms with Crippen LogP contribution in [0.15, 0.2) is 30.4 Å². The van der Waals surface area contributed by atoms with Crippen molar-refractivity contribution >= 4 is 11.6 Å². The Hall–Kier alpha value is -0.990. The van der Waals surface area contributed by atoms with Crippen molar-refractivity contribution in [3.63, 3.8) is 0 Å². The van der Waals surface area contributed by atoms with Crippen LogP contribution in [0.3, 0.4) is 0 Å². The van der Waals surface area contributed by atoms with Crippen LogP contribution >= 0.6 is 11.6 Å². The van der Waals surface area contributed by atoms with E-state index in [1.54, 1.807) is 7.11 Å². The number of methoxy groups -OCH3 is 1. The molecule has 0 aromatic heterocycles. The van der Waals surface area contributed by atoms with Gasteiger partial charge in [-0.05, 0) is 55.6 Å². The molecule has 0 aliphatic rings. The molecule has 0 atom stereocenters. The number of rotatable bonds is 8. The average molecular weight is 282 g/mol. The van der Waals surface area contributed by atoms with Gasteiger partial charge in [0, 0.05) is 5.02 Å². The van der Waals surface area contributed by atoms with Gasteiger partial charge in [-0.2, -0.15) is 0 Å². The lowest BCUT2D eigenvalue weighted by molar-refractivity contribution is 0.410. The predicted octanol–water partition coefficient (Wildman–Crippen LogP) is 4.08. The average Bonchev–Trinajstić information content (AvgIpc) is 2.37. The van der Waals surface area contributed by atoms with E-state index in [4.69, 9.17) is 16.3 Å². The molecule has 2 nitrogen and oxygen atoms in total. The number of hydrogen-bond donors (Lipinski definition) is 1. The van der Waals surface area contributed by atoms with Crippen LogP contribution < -0.4 is 10.1 Å². The summed E-state index contributed by atoms with van der Waals surface area (Å²) in [5.74, 6) is 1.60. The van der Waals surface area contributed by atoms with E-state index < -0.39 is 0 Å². The fourth-order valence-electron chi connectivity index (χ4n) is 1.81. The molecule has 3 heteroatoms. The van der Waals surface area contributed by atoms with Crippen LogP contribution in [0.4, 0.5) is 0 Å². The third-order valence-electron chi connectivity index (χ3n) is 2.79. The molecule has 1 rings (SSSR count). The summed E-state index contributed by atoms with van der Waals surface area (Å²) in [5.41, 5.74) is 1.13. The summed E-state index contributed by atoms with van der Waals surface area (Å²) in [6, 6.07) is 5.72. The molecule has 1 N–H and O–H groups in total. The van der Waals surface area contributed by atoms with Gasteiger partial charge in [0.25, 0.3) is 0 Å². The summed E-state index contributed by atoms with van der Waals surface area (Å²) in [6.45, 7) is 6.54. The smallest absolute Gasteiger partial charge is 0.122 e. The molecule has 0 aliphatic heterocycles. The maximum atomic E-state index is 6.00. The minimum absolute atomic E-state index is 0.708.